The minimum Gasteiger partial charge on any atom is -0.395 e. The average molecular weight is 686 g/mol. The highest BCUT2D eigenvalue weighted by Gasteiger charge is 2.53. The Morgan fingerprint density at radius 1 is 1.13 bits per heavy atom. The number of aliphatic hydroxyl groups is 1. The summed E-state index contributed by atoms with van der Waals surface area (Å²) in [5.41, 5.74) is 7.02. The van der Waals surface area contributed by atoms with Crippen LogP contribution in [-0.4, -0.2) is 74.9 Å². The fourth-order valence-corrected chi connectivity index (χ4v) is 8.44. The molecule has 2 unspecified atom stereocenters. The molecule has 2 aromatic carbocycles. The van der Waals surface area contributed by atoms with Crippen molar-refractivity contribution in [3.63, 3.8) is 0 Å². The Hall–Kier alpha value is -4.08. The number of aliphatic hydroxyl groups excluding tert-OH is 1. The molecule has 4 N–H and O–H groups in total. The number of sulfonamides is 1. The van der Waals surface area contributed by atoms with Gasteiger partial charge >= 0.3 is 0 Å². The fraction of sp³-hybridized carbons (Fsp3) is 0.300. The van der Waals surface area contributed by atoms with Gasteiger partial charge in [-0.15, -0.1) is 0 Å². The molecule has 1 fully saturated rings. The van der Waals surface area contributed by atoms with Gasteiger partial charge in [-0.2, -0.15) is 4.31 Å². The van der Waals surface area contributed by atoms with Crippen molar-refractivity contribution in [1.29, 1.82) is 0 Å². The monoisotopic (exact) mass is 684 g/mol. The van der Waals surface area contributed by atoms with Crippen LogP contribution in [0.15, 0.2) is 66.2 Å². The lowest BCUT2D eigenvalue weighted by atomic mass is 9.91. The van der Waals surface area contributed by atoms with Gasteiger partial charge in [0.25, 0.3) is 15.9 Å². The zero-order chi connectivity index (χ0) is 32.8. The van der Waals surface area contributed by atoms with E-state index in [9.17, 15) is 18.0 Å². The molecular weight excluding hydrogens is 655 g/mol. The number of nitrogens with zero attached hydrogens (tertiary/aromatic N) is 6. The Kier molecular flexibility index (Phi) is 8.50. The van der Waals surface area contributed by atoms with E-state index in [1.54, 1.807) is 25.3 Å². The molecule has 2 atom stereocenters. The number of hydrogen-bond donors (Lipinski definition) is 3. The van der Waals surface area contributed by atoms with E-state index in [2.05, 4.69) is 20.3 Å². The van der Waals surface area contributed by atoms with E-state index in [0.29, 0.717) is 29.9 Å². The Bertz CT molecular complexity index is 1920. The zero-order valence-electron chi connectivity index (χ0n) is 24.6. The van der Waals surface area contributed by atoms with E-state index >= 15 is 0 Å². The number of carbonyl (C=O) groups is 2. The van der Waals surface area contributed by atoms with E-state index in [0.717, 1.165) is 15.4 Å². The van der Waals surface area contributed by atoms with Crippen molar-refractivity contribution in [1.82, 2.24) is 29.1 Å². The second-order valence-corrected chi connectivity index (χ2v) is 14.0. The Balaban J connectivity index is 1.44. The van der Waals surface area contributed by atoms with Gasteiger partial charge < -0.3 is 16.2 Å². The zero-order valence-corrected chi connectivity index (χ0v) is 26.9. The lowest BCUT2D eigenvalue weighted by molar-refractivity contribution is -0.125. The first kappa shape index (κ1) is 31.9. The van der Waals surface area contributed by atoms with Crippen LogP contribution in [0.3, 0.4) is 0 Å². The van der Waals surface area contributed by atoms with Crippen molar-refractivity contribution in [3.05, 3.63) is 76.8 Å². The van der Waals surface area contributed by atoms with Crippen molar-refractivity contribution in [3.8, 4) is 11.1 Å². The van der Waals surface area contributed by atoms with Gasteiger partial charge in [-0.3, -0.25) is 14.2 Å². The van der Waals surface area contributed by atoms with Crippen LogP contribution in [-0.2, 0) is 31.6 Å². The quantitative estimate of drug-likeness (QED) is 0.239. The molecule has 2 amide bonds. The van der Waals surface area contributed by atoms with Crippen LogP contribution in [0.5, 0.6) is 0 Å². The molecule has 2 aliphatic rings. The van der Waals surface area contributed by atoms with E-state index in [-0.39, 0.29) is 47.1 Å². The number of rotatable bonds is 9. The predicted molar refractivity (Wildman–Crippen MR) is 172 cm³/mol. The molecule has 4 heterocycles. The highest BCUT2D eigenvalue weighted by atomic mass is 35.5. The SMILES string of the molecule is CC1(Cc2ccc(-c3cncnc3N)cc2)C(=O)N(c2cc(Cl)cc(Cl)c2)c2ncc(S(=O)(=O)N3CCCC3C(=O)NCCO)n21. The minimum atomic E-state index is -4.34. The molecule has 0 spiro atoms. The van der Waals surface area contributed by atoms with Crippen molar-refractivity contribution in [2.24, 2.45) is 0 Å². The summed E-state index contributed by atoms with van der Waals surface area (Å²) in [6.45, 7) is 1.47. The number of aromatic nitrogens is 4. The number of nitrogens with two attached hydrogens (primary N) is 1. The summed E-state index contributed by atoms with van der Waals surface area (Å²) in [6.07, 6.45) is 5.03. The summed E-state index contributed by atoms with van der Waals surface area (Å²) in [7, 11) is -4.34. The molecule has 16 heteroatoms. The lowest BCUT2D eigenvalue weighted by Crippen LogP contribution is -2.48. The van der Waals surface area contributed by atoms with Gasteiger partial charge in [0, 0.05) is 41.3 Å². The van der Waals surface area contributed by atoms with Gasteiger partial charge in [0.05, 0.1) is 18.5 Å². The van der Waals surface area contributed by atoms with E-state index in [1.165, 1.54) is 28.1 Å². The third-order valence-electron chi connectivity index (χ3n) is 8.22. The average Bonchev–Trinajstić information content (AvgIpc) is 3.74. The minimum absolute atomic E-state index is 0.00227. The highest BCUT2D eigenvalue weighted by molar-refractivity contribution is 7.89. The number of hydrogen-bond acceptors (Lipinski definition) is 9. The molecule has 4 aromatic rings. The molecule has 0 radical (unpaired) electrons. The van der Waals surface area contributed by atoms with Gasteiger partial charge in [0.1, 0.15) is 23.7 Å². The molecular formula is C30H30Cl2N8O5S. The third kappa shape index (κ3) is 5.49. The normalized spacial score (nSPS) is 19.9. The van der Waals surface area contributed by atoms with Crippen molar-refractivity contribution in [2.75, 3.05) is 30.3 Å². The summed E-state index contributed by atoms with van der Waals surface area (Å²) in [4.78, 5) is 41.2. The number of carbonyl (C=O) groups excluding carboxylic acids is 2. The van der Waals surface area contributed by atoms with Crippen LogP contribution in [0.2, 0.25) is 10.0 Å². The third-order valence-corrected chi connectivity index (χ3v) is 10.5. The summed E-state index contributed by atoms with van der Waals surface area (Å²) in [6, 6.07) is 11.0. The molecule has 2 aliphatic heterocycles. The first-order chi connectivity index (χ1) is 22.0. The van der Waals surface area contributed by atoms with Crippen LogP contribution < -0.4 is 16.0 Å². The number of amides is 2. The number of imidazole rings is 1. The molecule has 0 bridgehead atoms. The number of benzene rings is 2. The van der Waals surface area contributed by atoms with E-state index < -0.39 is 33.4 Å². The Morgan fingerprint density at radius 2 is 1.85 bits per heavy atom. The second kappa shape index (κ2) is 12.3. The van der Waals surface area contributed by atoms with Gasteiger partial charge in [0.2, 0.25) is 11.9 Å². The van der Waals surface area contributed by atoms with Crippen molar-refractivity contribution < 1.29 is 23.1 Å². The first-order valence-electron chi connectivity index (χ1n) is 14.4. The van der Waals surface area contributed by atoms with Gasteiger partial charge in [-0.25, -0.2) is 28.3 Å². The number of halogens is 2. The smallest absolute Gasteiger partial charge is 0.261 e. The molecule has 240 valence electrons. The molecule has 0 aliphatic carbocycles. The fourth-order valence-electron chi connectivity index (χ4n) is 6.08. The summed E-state index contributed by atoms with van der Waals surface area (Å²) < 4.78 is 31.2. The molecule has 6 rings (SSSR count). The number of fused-ring (bicyclic) bond motifs is 1. The Labute approximate surface area is 275 Å². The van der Waals surface area contributed by atoms with Gasteiger partial charge in [-0.1, -0.05) is 47.5 Å². The molecule has 2 aromatic heterocycles. The van der Waals surface area contributed by atoms with Gasteiger partial charge in [0.15, 0.2) is 5.03 Å². The topological polar surface area (TPSA) is 177 Å². The van der Waals surface area contributed by atoms with Crippen molar-refractivity contribution >= 4 is 62.5 Å². The van der Waals surface area contributed by atoms with Crippen LogP contribution in [0.4, 0.5) is 17.5 Å². The number of nitrogen functional groups attached to an aromatic ring is 1. The summed E-state index contributed by atoms with van der Waals surface area (Å²) in [5, 5.41) is 12.1. The maximum atomic E-state index is 14.4. The number of nitrogens with one attached hydrogen (secondary N) is 1. The van der Waals surface area contributed by atoms with Crippen LogP contribution >= 0.6 is 23.2 Å². The van der Waals surface area contributed by atoms with Crippen LogP contribution in [0, 0.1) is 0 Å². The van der Waals surface area contributed by atoms with E-state index in [4.69, 9.17) is 34.0 Å². The van der Waals surface area contributed by atoms with Gasteiger partial charge in [-0.05, 0) is 49.1 Å². The highest BCUT2D eigenvalue weighted by Crippen LogP contribution is 2.45. The van der Waals surface area contributed by atoms with E-state index in [1.807, 2.05) is 24.3 Å². The Morgan fingerprint density at radius 3 is 2.52 bits per heavy atom. The molecule has 1 saturated heterocycles. The second-order valence-electron chi connectivity index (χ2n) is 11.3. The first-order valence-corrected chi connectivity index (χ1v) is 16.6. The van der Waals surface area contributed by atoms with Crippen LogP contribution in [0.1, 0.15) is 25.3 Å². The summed E-state index contributed by atoms with van der Waals surface area (Å²) in [5.74, 6) is -0.570. The van der Waals surface area contributed by atoms with Crippen LogP contribution in [0.25, 0.3) is 11.1 Å². The summed E-state index contributed by atoms with van der Waals surface area (Å²) >= 11 is 12.6. The standard InChI is InChI=1S/C30H30Cl2N8O5S/c1-30(14-18-4-6-19(7-5-18)23-15-34-17-37-26(23)33)28(43)39(22-12-20(31)11-21(32)13-22)29-36-16-25(40(29)30)46(44,45)38-9-2-3-24(38)27(42)35-8-10-41/h4-7,11-13,15-17,24,41H,2-3,8-10,14H2,1H3,(H,35,42)(H2,33,34,37). The molecule has 13 nitrogen and oxygen atoms in total. The maximum Gasteiger partial charge on any atom is 0.261 e. The predicted octanol–water partition coefficient (Wildman–Crippen LogP) is 3.13. The largest absolute Gasteiger partial charge is 0.395 e. The number of anilines is 3. The lowest BCUT2D eigenvalue weighted by Gasteiger charge is -2.29. The maximum absolute atomic E-state index is 14.4. The molecule has 46 heavy (non-hydrogen) atoms. The van der Waals surface area contributed by atoms with Crippen molar-refractivity contribution in [2.45, 2.75) is 42.8 Å². The molecule has 0 saturated carbocycles.